The van der Waals surface area contributed by atoms with Gasteiger partial charge in [-0.3, -0.25) is 28.1 Å². The zero-order chi connectivity index (χ0) is 48.5. The highest BCUT2D eigenvalue weighted by molar-refractivity contribution is 8.13. The maximum atomic E-state index is 12.6. The summed E-state index contributed by atoms with van der Waals surface area (Å²) >= 11 is 1.01. The number of fused-ring (bicyclic) bond motifs is 1. The molecule has 2 saturated heterocycles. The summed E-state index contributed by atoms with van der Waals surface area (Å²) in [5, 5.41) is 46.0. The molecule has 2 fully saturated rings. The Hall–Kier alpha value is -2.60. The van der Waals surface area contributed by atoms with Gasteiger partial charge in [0.05, 0.1) is 45.7 Å². The van der Waals surface area contributed by atoms with Crippen LogP contribution in [0.15, 0.2) is 12.7 Å². The Labute approximate surface area is 375 Å². The molecule has 8 N–H and O–H groups in total. The van der Waals surface area contributed by atoms with Crippen molar-refractivity contribution in [1.82, 2.24) is 30.2 Å². The minimum atomic E-state index is -5.94. The molecule has 28 nitrogen and oxygen atoms in total. The summed E-state index contributed by atoms with van der Waals surface area (Å²) < 4.78 is 71.9. The van der Waals surface area contributed by atoms with Crippen molar-refractivity contribution in [1.29, 1.82) is 0 Å². The third-order valence-electron chi connectivity index (χ3n) is 9.79. The number of hydrogen-bond donors (Lipinski definition) is 7. The van der Waals surface area contributed by atoms with E-state index in [0.717, 1.165) is 29.0 Å². The number of phosphoric ester groups is 3. The van der Waals surface area contributed by atoms with Crippen LogP contribution in [0, 0.1) is 5.41 Å². The van der Waals surface area contributed by atoms with Gasteiger partial charge in [0.15, 0.2) is 29.1 Å². The Bertz CT molecular complexity index is 2080. The van der Waals surface area contributed by atoms with Crippen molar-refractivity contribution < 1.29 is 100 Å². The highest BCUT2D eigenvalue weighted by Gasteiger charge is 2.47. The van der Waals surface area contributed by atoms with Crippen LogP contribution in [-0.2, 0) is 60.2 Å². The van der Waals surface area contributed by atoms with Crippen LogP contribution < -0.4 is 35.9 Å². The topological polar surface area (TPSA) is 434 Å². The molecule has 0 aliphatic carbocycles. The van der Waals surface area contributed by atoms with Gasteiger partial charge in [0.25, 0.3) is 15.6 Å². The molecule has 0 radical (unpaired) electrons. The standard InChI is InChI=1S/C33H56N7O21P3S/c1-17(57-32-20(42)12-19(41)18(2)58-32)6-5-7-23(44)65-11-10-35-22(43)8-9-36-30(47)27(46)33(3,4)14-56-64(53,54)61-63(51,52)55-13-21-26(60-62(48,49)50)25(45)31(59-21)40-16-39-24-28(34)37-15-38-29(24)40/h15-21,25-27,31-32,41-42,45-46H,5-14H2,1-4H3,(H,35,43)(H,36,47)(H,51,52)(H,53,54)(H2,34,37,38)(H2,48,49,50)/p-4/t17-,18+,19-,20-,21-,25-,26-,27+,31-,32-/m1/s1. The average molecular weight is 1010 g/mol. The van der Waals surface area contributed by atoms with Gasteiger partial charge in [-0.2, -0.15) is 0 Å². The number of nitrogens with one attached hydrogen (secondary N) is 2. The number of carbonyl (C=O) groups is 3. The van der Waals surface area contributed by atoms with Crippen LogP contribution in [0.25, 0.3) is 11.2 Å². The quantitative estimate of drug-likeness (QED) is 0.0376. The third-order valence-corrected chi connectivity index (χ3v) is 13.7. The van der Waals surface area contributed by atoms with Gasteiger partial charge < -0.3 is 88.7 Å². The van der Waals surface area contributed by atoms with E-state index >= 15 is 0 Å². The van der Waals surface area contributed by atoms with Crippen molar-refractivity contribution >= 4 is 69.1 Å². The number of phosphoric acid groups is 3. The normalized spacial score (nSPS) is 26.8. The number of nitrogens with two attached hydrogens (primary N) is 1. The molecule has 0 saturated carbocycles. The Morgan fingerprint density at radius 1 is 1.02 bits per heavy atom. The van der Waals surface area contributed by atoms with Gasteiger partial charge in [0.2, 0.25) is 11.8 Å². The van der Waals surface area contributed by atoms with Crippen LogP contribution in [0.1, 0.15) is 66.0 Å². The number of aromatic nitrogens is 4. The molecule has 12 atom stereocenters. The molecule has 4 heterocycles. The van der Waals surface area contributed by atoms with Gasteiger partial charge in [-0.25, -0.2) is 19.3 Å². The number of ether oxygens (including phenoxy) is 3. The van der Waals surface area contributed by atoms with E-state index in [1.165, 1.54) is 13.8 Å². The number of nitrogen functional groups attached to an aromatic ring is 1. The van der Waals surface area contributed by atoms with Gasteiger partial charge >= 0.3 is 0 Å². The number of imidazole rings is 1. The van der Waals surface area contributed by atoms with E-state index in [1.54, 1.807) is 13.8 Å². The first-order chi connectivity index (χ1) is 30.2. The van der Waals surface area contributed by atoms with E-state index in [4.69, 9.17) is 19.9 Å². The first-order valence-electron chi connectivity index (χ1n) is 19.8. The van der Waals surface area contributed by atoms with Crippen LogP contribution in [0.5, 0.6) is 0 Å². The number of aliphatic hydroxyl groups excluding tert-OH is 4. The molecule has 2 aliphatic rings. The van der Waals surface area contributed by atoms with Crippen molar-refractivity contribution in [2.75, 3.05) is 37.8 Å². The number of rotatable bonds is 25. The molecule has 2 aromatic heterocycles. The number of amides is 2. The Kier molecular flexibility index (Phi) is 20.0. The predicted octanol–water partition coefficient (Wildman–Crippen LogP) is -3.43. The van der Waals surface area contributed by atoms with E-state index in [0.29, 0.717) is 12.8 Å². The molecular weight excluding hydrogens is 955 g/mol. The first kappa shape index (κ1) is 55.0. The smallest absolute Gasteiger partial charge is 0.274 e. The lowest BCUT2D eigenvalue weighted by atomic mass is 9.87. The summed E-state index contributed by atoms with van der Waals surface area (Å²) in [6.07, 6.45) is -9.76. The number of carbonyl (C=O) groups excluding carboxylic acids is 3. The van der Waals surface area contributed by atoms with Gasteiger partial charge in [-0.1, -0.05) is 25.6 Å². The highest BCUT2D eigenvalue weighted by Crippen LogP contribution is 2.56. The van der Waals surface area contributed by atoms with Gasteiger partial charge in [0.1, 0.15) is 42.4 Å². The van der Waals surface area contributed by atoms with Crippen molar-refractivity contribution in [3.05, 3.63) is 12.7 Å². The molecule has 65 heavy (non-hydrogen) atoms. The van der Waals surface area contributed by atoms with Crippen LogP contribution in [0.3, 0.4) is 0 Å². The van der Waals surface area contributed by atoms with Crippen LogP contribution in [0.2, 0.25) is 0 Å². The second-order valence-corrected chi connectivity index (χ2v) is 20.8. The maximum absolute atomic E-state index is 12.6. The highest BCUT2D eigenvalue weighted by atomic mass is 32.2. The zero-order valence-corrected chi connectivity index (χ0v) is 38.8. The van der Waals surface area contributed by atoms with Gasteiger partial charge in [-0.05, 0) is 26.7 Å². The van der Waals surface area contributed by atoms with Crippen LogP contribution in [-0.4, -0.2) is 144 Å². The van der Waals surface area contributed by atoms with E-state index in [9.17, 15) is 68.1 Å². The molecule has 0 spiro atoms. The molecule has 370 valence electrons. The third kappa shape index (κ3) is 16.8. The van der Waals surface area contributed by atoms with Crippen molar-refractivity contribution in [2.24, 2.45) is 5.41 Å². The summed E-state index contributed by atoms with van der Waals surface area (Å²) in [4.78, 5) is 96.8. The molecule has 2 aliphatic heterocycles. The lowest BCUT2D eigenvalue weighted by Gasteiger charge is -2.36. The lowest BCUT2D eigenvalue weighted by molar-refractivity contribution is -0.347. The predicted molar refractivity (Wildman–Crippen MR) is 214 cm³/mol. The van der Waals surface area contributed by atoms with Crippen LogP contribution >= 0.6 is 35.2 Å². The second-order valence-electron chi connectivity index (χ2n) is 15.6. The number of anilines is 1. The number of nitrogens with zero attached hydrogens (tertiary/aromatic N) is 4. The summed E-state index contributed by atoms with van der Waals surface area (Å²) in [5.41, 5.74) is 4.03. The van der Waals surface area contributed by atoms with Crippen molar-refractivity contribution in [3.8, 4) is 0 Å². The average Bonchev–Trinajstić information content (AvgIpc) is 3.76. The second kappa shape index (κ2) is 23.6. The summed E-state index contributed by atoms with van der Waals surface area (Å²) in [6.45, 7) is 3.39. The minimum absolute atomic E-state index is 0.0304. The summed E-state index contributed by atoms with van der Waals surface area (Å²) in [6, 6.07) is 0. The molecule has 0 aromatic carbocycles. The van der Waals surface area contributed by atoms with E-state index < -0.39 is 109 Å². The SMILES string of the molecule is C[C@H](CCCC(=O)SCCNC(=O)CCNC(=O)[C@H](O)C(C)(C)COP(=O)([O-])OP(=O)([O-])OC[C@H]1O[C@@H](n2cnc3c(N)ncnc32)[C@H](O)[C@@H]1OP(=O)([O-])[O-])O[C@@H]1O[C@@H](C)[C@H](O)C[C@H]1O. The Morgan fingerprint density at radius 2 is 1.71 bits per heavy atom. The summed E-state index contributed by atoms with van der Waals surface area (Å²) in [7, 11) is -17.7. The number of thioether (sulfide) groups is 1. The number of aliphatic hydroxyl groups is 4. The Balaban J connectivity index is 1.14. The molecule has 2 aromatic rings. The molecular formula is C33H52N7O21P3S-4. The fourth-order valence-electron chi connectivity index (χ4n) is 6.24. The largest absolute Gasteiger partial charge is 0.790 e. The fourth-order valence-corrected chi connectivity index (χ4v) is 9.70. The van der Waals surface area contributed by atoms with E-state index in [1.807, 2.05) is 0 Å². The monoisotopic (exact) mass is 1010 g/mol. The first-order valence-corrected chi connectivity index (χ1v) is 25.2. The number of hydrogen-bond acceptors (Lipinski definition) is 26. The fraction of sp³-hybridized carbons (Fsp3) is 0.758. The van der Waals surface area contributed by atoms with E-state index in [-0.39, 0.29) is 66.3 Å². The zero-order valence-electron chi connectivity index (χ0n) is 35.3. The molecule has 4 rings (SSSR count). The maximum Gasteiger partial charge on any atom is 0.274 e. The van der Waals surface area contributed by atoms with E-state index in [2.05, 4.69) is 43.5 Å². The lowest BCUT2D eigenvalue weighted by Crippen LogP contribution is -2.48. The molecule has 0 bridgehead atoms. The van der Waals surface area contributed by atoms with Gasteiger partial charge in [0, 0.05) is 43.5 Å². The van der Waals surface area contributed by atoms with Crippen LogP contribution in [0.4, 0.5) is 5.82 Å². The summed E-state index contributed by atoms with van der Waals surface area (Å²) in [5.74, 6) is -1.36. The Morgan fingerprint density at radius 3 is 2.40 bits per heavy atom. The molecule has 32 heteroatoms. The van der Waals surface area contributed by atoms with Gasteiger partial charge in [-0.15, -0.1) is 0 Å². The van der Waals surface area contributed by atoms with Crippen molar-refractivity contribution in [2.45, 2.75) is 121 Å². The van der Waals surface area contributed by atoms with Crippen molar-refractivity contribution in [3.63, 3.8) is 0 Å². The minimum Gasteiger partial charge on any atom is -0.790 e. The molecule has 2 unspecified atom stereocenters. The molecule has 2 amide bonds.